The third-order valence-electron chi connectivity index (χ3n) is 4.53. The van der Waals surface area contributed by atoms with Gasteiger partial charge in [0.25, 0.3) is 0 Å². The number of aryl methyl sites for hydroxylation is 1. The lowest BCUT2D eigenvalue weighted by molar-refractivity contribution is 0.271. The van der Waals surface area contributed by atoms with E-state index in [9.17, 15) is 0 Å². The molecule has 3 rings (SSSR count). The van der Waals surface area contributed by atoms with E-state index >= 15 is 0 Å². The fraction of sp³-hybridized carbons (Fsp3) is 0.625. The second-order valence-electron chi connectivity index (χ2n) is 6.01. The summed E-state index contributed by atoms with van der Waals surface area (Å²) in [6, 6.07) is 10.3. The summed E-state index contributed by atoms with van der Waals surface area (Å²) in [6.07, 6.45) is 4.10. The van der Waals surface area contributed by atoms with Crippen molar-refractivity contribution >= 4 is 0 Å². The summed E-state index contributed by atoms with van der Waals surface area (Å²) in [7, 11) is 2.27. The van der Waals surface area contributed by atoms with Crippen molar-refractivity contribution in [1.29, 1.82) is 0 Å². The van der Waals surface area contributed by atoms with Gasteiger partial charge in [0, 0.05) is 18.6 Å². The van der Waals surface area contributed by atoms with Gasteiger partial charge in [-0.05, 0) is 56.8 Å². The first-order valence-electron chi connectivity index (χ1n) is 7.25. The molecule has 18 heavy (non-hydrogen) atoms. The second kappa shape index (κ2) is 5.02. The molecule has 2 unspecified atom stereocenters. The van der Waals surface area contributed by atoms with Crippen molar-refractivity contribution in [2.75, 3.05) is 20.1 Å². The van der Waals surface area contributed by atoms with Crippen LogP contribution in [0.3, 0.4) is 0 Å². The molecule has 0 amide bonds. The smallest absolute Gasteiger partial charge is 0.0388 e. The predicted molar refractivity (Wildman–Crippen MR) is 75.7 cm³/mol. The molecule has 1 aliphatic heterocycles. The minimum Gasteiger partial charge on any atom is -0.314 e. The monoisotopic (exact) mass is 244 g/mol. The Bertz CT molecular complexity index is 411. The van der Waals surface area contributed by atoms with Gasteiger partial charge < -0.3 is 5.32 Å². The number of hydrogen-bond donors (Lipinski definition) is 1. The zero-order chi connectivity index (χ0) is 12.5. The molecule has 2 aliphatic rings. The molecule has 1 N–H and O–H groups in total. The SMILES string of the molecule is Cc1ccccc1C1C(CNC2CC2)CCN1C. The van der Waals surface area contributed by atoms with Crippen molar-refractivity contribution in [2.45, 2.75) is 38.3 Å². The summed E-state index contributed by atoms with van der Waals surface area (Å²) >= 11 is 0. The Morgan fingerprint density at radius 3 is 2.72 bits per heavy atom. The van der Waals surface area contributed by atoms with Gasteiger partial charge in [0.15, 0.2) is 0 Å². The summed E-state index contributed by atoms with van der Waals surface area (Å²) in [5, 5.41) is 3.71. The van der Waals surface area contributed by atoms with Crippen LogP contribution in [0, 0.1) is 12.8 Å². The van der Waals surface area contributed by atoms with Crippen LogP contribution in [-0.4, -0.2) is 31.1 Å². The molecule has 1 saturated heterocycles. The lowest BCUT2D eigenvalue weighted by Gasteiger charge is -2.27. The van der Waals surface area contributed by atoms with E-state index in [1.54, 1.807) is 0 Å². The molecular formula is C16H24N2. The maximum atomic E-state index is 3.71. The first-order valence-corrected chi connectivity index (χ1v) is 7.25. The predicted octanol–water partition coefficient (Wildman–Crippen LogP) is 2.74. The van der Waals surface area contributed by atoms with Crippen LogP contribution < -0.4 is 5.32 Å². The average Bonchev–Trinajstić information content (AvgIpc) is 3.12. The van der Waals surface area contributed by atoms with Crippen molar-refractivity contribution in [1.82, 2.24) is 10.2 Å². The number of nitrogens with one attached hydrogen (secondary N) is 1. The Morgan fingerprint density at radius 1 is 1.22 bits per heavy atom. The van der Waals surface area contributed by atoms with Crippen LogP contribution in [0.1, 0.15) is 36.4 Å². The quantitative estimate of drug-likeness (QED) is 0.876. The fourth-order valence-electron chi connectivity index (χ4n) is 3.26. The molecule has 1 aliphatic carbocycles. The van der Waals surface area contributed by atoms with E-state index < -0.39 is 0 Å². The van der Waals surface area contributed by atoms with Gasteiger partial charge in [0.2, 0.25) is 0 Å². The summed E-state index contributed by atoms with van der Waals surface area (Å²) in [5.74, 6) is 0.775. The first kappa shape index (κ1) is 12.2. The third-order valence-corrected chi connectivity index (χ3v) is 4.53. The van der Waals surface area contributed by atoms with Crippen LogP contribution in [0.15, 0.2) is 24.3 Å². The van der Waals surface area contributed by atoms with Crippen molar-refractivity contribution < 1.29 is 0 Å². The summed E-state index contributed by atoms with van der Waals surface area (Å²) in [4.78, 5) is 2.53. The Labute approximate surface area is 110 Å². The van der Waals surface area contributed by atoms with Crippen LogP contribution >= 0.6 is 0 Å². The molecule has 2 fully saturated rings. The number of likely N-dealkylation sites (tertiary alicyclic amines) is 1. The lowest BCUT2D eigenvalue weighted by Crippen LogP contribution is -2.30. The molecular weight excluding hydrogens is 220 g/mol. The first-order chi connectivity index (χ1) is 8.75. The van der Waals surface area contributed by atoms with E-state index in [0.29, 0.717) is 6.04 Å². The number of nitrogens with zero attached hydrogens (tertiary/aromatic N) is 1. The second-order valence-corrected chi connectivity index (χ2v) is 6.01. The van der Waals surface area contributed by atoms with Crippen LogP contribution in [0.2, 0.25) is 0 Å². The molecule has 2 atom stereocenters. The normalized spacial score (nSPS) is 28.8. The molecule has 0 aromatic heterocycles. The Balaban J connectivity index is 1.75. The van der Waals surface area contributed by atoms with E-state index in [0.717, 1.165) is 12.0 Å². The summed E-state index contributed by atoms with van der Waals surface area (Å²) in [6.45, 7) is 4.66. The molecule has 0 radical (unpaired) electrons. The molecule has 1 aromatic rings. The maximum absolute atomic E-state index is 3.71. The third kappa shape index (κ3) is 2.45. The van der Waals surface area contributed by atoms with Crippen molar-refractivity contribution in [3.63, 3.8) is 0 Å². The average molecular weight is 244 g/mol. The van der Waals surface area contributed by atoms with Gasteiger partial charge in [0.05, 0.1) is 0 Å². The molecule has 98 valence electrons. The van der Waals surface area contributed by atoms with Gasteiger partial charge in [-0.1, -0.05) is 24.3 Å². The highest BCUT2D eigenvalue weighted by molar-refractivity contribution is 5.30. The zero-order valence-electron chi connectivity index (χ0n) is 11.5. The van der Waals surface area contributed by atoms with E-state index in [1.165, 1.54) is 43.5 Å². The van der Waals surface area contributed by atoms with E-state index in [1.807, 2.05) is 0 Å². The minimum atomic E-state index is 0.609. The van der Waals surface area contributed by atoms with Crippen molar-refractivity contribution in [3.05, 3.63) is 35.4 Å². The van der Waals surface area contributed by atoms with Gasteiger partial charge in [-0.25, -0.2) is 0 Å². The highest BCUT2D eigenvalue weighted by atomic mass is 15.2. The molecule has 1 saturated carbocycles. The minimum absolute atomic E-state index is 0.609. The van der Waals surface area contributed by atoms with Crippen LogP contribution in [0.25, 0.3) is 0 Å². The Morgan fingerprint density at radius 2 is 2.00 bits per heavy atom. The number of hydrogen-bond acceptors (Lipinski definition) is 2. The zero-order valence-corrected chi connectivity index (χ0v) is 11.5. The van der Waals surface area contributed by atoms with Gasteiger partial charge in [-0.2, -0.15) is 0 Å². The van der Waals surface area contributed by atoms with Gasteiger partial charge >= 0.3 is 0 Å². The van der Waals surface area contributed by atoms with Gasteiger partial charge in [0.1, 0.15) is 0 Å². The Hall–Kier alpha value is -0.860. The van der Waals surface area contributed by atoms with Crippen LogP contribution in [0.4, 0.5) is 0 Å². The van der Waals surface area contributed by atoms with E-state index in [2.05, 4.69) is 48.5 Å². The molecule has 0 spiro atoms. The summed E-state index contributed by atoms with van der Waals surface area (Å²) in [5.41, 5.74) is 2.97. The summed E-state index contributed by atoms with van der Waals surface area (Å²) < 4.78 is 0. The molecule has 2 heteroatoms. The maximum Gasteiger partial charge on any atom is 0.0388 e. The van der Waals surface area contributed by atoms with Gasteiger partial charge in [-0.15, -0.1) is 0 Å². The number of rotatable bonds is 4. The topological polar surface area (TPSA) is 15.3 Å². The molecule has 2 nitrogen and oxygen atoms in total. The van der Waals surface area contributed by atoms with Crippen LogP contribution in [-0.2, 0) is 0 Å². The number of benzene rings is 1. The highest BCUT2D eigenvalue weighted by Crippen LogP contribution is 2.37. The standard InChI is InChI=1S/C16H24N2/c1-12-5-3-4-6-15(12)16-13(9-10-18(16)2)11-17-14-7-8-14/h3-6,13-14,16-17H,7-11H2,1-2H3. The van der Waals surface area contributed by atoms with E-state index in [4.69, 9.17) is 0 Å². The Kier molecular flexibility index (Phi) is 3.40. The lowest BCUT2D eigenvalue weighted by atomic mass is 9.91. The molecule has 0 bridgehead atoms. The van der Waals surface area contributed by atoms with Gasteiger partial charge in [-0.3, -0.25) is 4.90 Å². The molecule has 1 aromatic carbocycles. The molecule has 1 heterocycles. The largest absolute Gasteiger partial charge is 0.314 e. The van der Waals surface area contributed by atoms with Crippen LogP contribution in [0.5, 0.6) is 0 Å². The van der Waals surface area contributed by atoms with Crippen molar-refractivity contribution in [2.24, 2.45) is 5.92 Å². The van der Waals surface area contributed by atoms with Crippen molar-refractivity contribution in [3.8, 4) is 0 Å². The van der Waals surface area contributed by atoms with E-state index in [-0.39, 0.29) is 0 Å². The highest BCUT2D eigenvalue weighted by Gasteiger charge is 2.34. The fourth-order valence-corrected chi connectivity index (χ4v) is 3.26.